The first-order valence-corrected chi connectivity index (χ1v) is 9.70. The van der Waals surface area contributed by atoms with Gasteiger partial charge in [0.05, 0.1) is 11.3 Å². The van der Waals surface area contributed by atoms with Gasteiger partial charge in [0.25, 0.3) is 5.91 Å². The summed E-state index contributed by atoms with van der Waals surface area (Å²) >= 11 is 6.08. The third-order valence-electron chi connectivity index (χ3n) is 4.60. The van der Waals surface area contributed by atoms with Gasteiger partial charge in [0.2, 0.25) is 5.91 Å². The molecule has 1 aromatic heterocycles. The molecule has 1 N–H and O–H groups in total. The molecular formula is C20H24ClN3O4. The van der Waals surface area contributed by atoms with Crippen LogP contribution >= 0.6 is 11.6 Å². The average Bonchev–Trinajstić information content (AvgIpc) is 3.25. The molecule has 8 heteroatoms. The smallest absolute Gasteiger partial charge is 0.286 e. The van der Waals surface area contributed by atoms with Crippen molar-refractivity contribution in [2.45, 2.75) is 6.42 Å². The summed E-state index contributed by atoms with van der Waals surface area (Å²) in [4.78, 5) is 28.2. The fourth-order valence-corrected chi connectivity index (χ4v) is 3.19. The molecule has 1 fully saturated rings. The number of ether oxygens (including phenoxy) is 1. The van der Waals surface area contributed by atoms with Gasteiger partial charge in [0.15, 0.2) is 5.76 Å². The second-order valence-electron chi connectivity index (χ2n) is 6.48. The molecule has 7 nitrogen and oxygen atoms in total. The van der Waals surface area contributed by atoms with Crippen molar-refractivity contribution < 1.29 is 18.7 Å². The number of carbonyl (C=O) groups excluding carboxylic acids is 2. The van der Waals surface area contributed by atoms with Gasteiger partial charge in [-0.05, 0) is 24.3 Å². The maximum atomic E-state index is 12.3. The minimum absolute atomic E-state index is 0.0479. The third-order valence-corrected chi connectivity index (χ3v) is 4.91. The number of amides is 2. The number of hydrogen-bond acceptors (Lipinski definition) is 5. The Labute approximate surface area is 169 Å². The third kappa shape index (κ3) is 5.74. The van der Waals surface area contributed by atoms with Crippen LogP contribution in [0.5, 0.6) is 5.75 Å². The lowest BCUT2D eigenvalue weighted by molar-refractivity contribution is -0.132. The zero-order valence-corrected chi connectivity index (χ0v) is 16.4. The monoisotopic (exact) mass is 405 g/mol. The first-order chi connectivity index (χ1) is 13.6. The van der Waals surface area contributed by atoms with E-state index >= 15 is 0 Å². The van der Waals surface area contributed by atoms with Crippen molar-refractivity contribution in [1.29, 1.82) is 0 Å². The van der Waals surface area contributed by atoms with Crippen molar-refractivity contribution in [3.05, 3.63) is 53.4 Å². The minimum atomic E-state index is -0.305. The number of carbonyl (C=O) groups is 2. The van der Waals surface area contributed by atoms with Crippen LogP contribution < -0.4 is 10.1 Å². The minimum Gasteiger partial charge on any atom is -0.491 e. The highest BCUT2D eigenvalue weighted by atomic mass is 35.5. The normalized spacial score (nSPS) is 14.7. The standard InChI is InChI=1S/C20H24ClN3O4/c21-16-4-1-2-5-17(16)28-15-13-23-9-11-24(12-10-23)19(25)7-8-22-20(26)18-6-3-14-27-18/h1-6,14H,7-13,15H2,(H,22,26). The molecule has 3 rings (SSSR count). The quantitative estimate of drug-likeness (QED) is 0.729. The molecule has 0 aliphatic carbocycles. The highest BCUT2D eigenvalue weighted by Gasteiger charge is 2.21. The number of halogens is 1. The summed E-state index contributed by atoms with van der Waals surface area (Å²) < 4.78 is 10.7. The topological polar surface area (TPSA) is 75.0 Å². The maximum absolute atomic E-state index is 12.3. The number of hydrogen-bond donors (Lipinski definition) is 1. The number of para-hydroxylation sites is 1. The second kappa shape index (κ2) is 10.1. The molecule has 1 saturated heterocycles. The van der Waals surface area contributed by atoms with Crippen molar-refractivity contribution in [3.63, 3.8) is 0 Å². The molecule has 2 aromatic rings. The Morgan fingerprint density at radius 1 is 1.11 bits per heavy atom. The van der Waals surface area contributed by atoms with E-state index in [0.29, 0.717) is 37.0 Å². The second-order valence-corrected chi connectivity index (χ2v) is 6.89. The van der Waals surface area contributed by atoms with Crippen LogP contribution in [0.4, 0.5) is 0 Å². The van der Waals surface area contributed by atoms with Crippen LogP contribution in [-0.4, -0.2) is 67.5 Å². The van der Waals surface area contributed by atoms with Crippen LogP contribution in [-0.2, 0) is 4.79 Å². The first-order valence-electron chi connectivity index (χ1n) is 9.32. The predicted molar refractivity (Wildman–Crippen MR) is 106 cm³/mol. The molecule has 0 saturated carbocycles. The van der Waals surface area contributed by atoms with Gasteiger partial charge >= 0.3 is 0 Å². The van der Waals surface area contributed by atoms with Gasteiger partial charge in [0.1, 0.15) is 12.4 Å². The summed E-state index contributed by atoms with van der Waals surface area (Å²) in [6.07, 6.45) is 1.72. The van der Waals surface area contributed by atoms with Crippen LogP contribution in [0.25, 0.3) is 0 Å². The summed E-state index contributed by atoms with van der Waals surface area (Å²) in [5.41, 5.74) is 0. The molecule has 0 spiro atoms. The number of piperazine rings is 1. The Bertz CT molecular complexity index is 774. The molecule has 1 aliphatic heterocycles. The van der Waals surface area contributed by atoms with E-state index < -0.39 is 0 Å². The van der Waals surface area contributed by atoms with E-state index in [1.165, 1.54) is 6.26 Å². The Kier molecular flexibility index (Phi) is 7.33. The van der Waals surface area contributed by atoms with E-state index in [1.54, 1.807) is 18.2 Å². The number of nitrogens with zero attached hydrogens (tertiary/aromatic N) is 2. The molecule has 0 atom stereocenters. The molecule has 2 amide bonds. The molecule has 0 unspecified atom stereocenters. The van der Waals surface area contributed by atoms with E-state index in [1.807, 2.05) is 23.1 Å². The van der Waals surface area contributed by atoms with Gasteiger partial charge in [-0.1, -0.05) is 23.7 Å². The van der Waals surface area contributed by atoms with E-state index in [9.17, 15) is 9.59 Å². The van der Waals surface area contributed by atoms with Gasteiger partial charge in [-0.3, -0.25) is 14.5 Å². The summed E-state index contributed by atoms with van der Waals surface area (Å²) in [5.74, 6) is 0.683. The summed E-state index contributed by atoms with van der Waals surface area (Å²) in [5, 5.41) is 3.30. The molecule has 0 bridgehead atoms. The van der Waals surface area contributed by atoms with E-state index in [-0.39, 0.29) is 24.0 Å². The number of benzene rings is 1. The first kappa shape index (κ1) is 20.2. The van der Waals surface area contributed by atoms with Crippen molar-refractivity contribution in [2.24, 2.45) is 0 Å². The van der Waals surface area contributed by atoms with E-state index in [0.717, 1.165) is 19.6 Å². The van der Waals surface area contributed by atoms with Crippen LogP contribution in [0.3, 0.4) is 0 Å². The Morgan fingerprint density at radius 2 is 1.89 bits per heavy atom. The Hall–Kier alpha value is -2.51. The lowest BCUT2D eigenvalue weighted by atomic mass is 10.2. The summed E-state index contributed by atoms with van der Waals surface area (Å²) in [6.45, 7) is 4.59. The van der Waals surface area contributed by atoms with Crippen molar-refractivity contribution >= 4 is 23.4 Å². The number of rotatable bonds is 8. The van der Waals surface area contributed by atoms with Crippen LogP contribution in [0, 0.1) is 0 Å². The average molecular weight is 406 g/mol. The van der Waals surface area contributed by atoms with Crippen molar-refractivity contribution in [2.75, 3.05) is 45.9 Å². The molecule has 28 heavy (non-hydrogen) atoms. The molecular weight excluding hydrogens is 382 g/mol. The highest BCUT2D eigenvalue weighted by Crippen LogP contribution is 2.22. The summed E-state index contributed by atoms with van der Waals surface area (Å²) in [6, 6.07) is 10.7. The van der Waals surface area contributed by atoms with Crippen LogP contribution in [0.2, 0.25) is 5.02 Å². The van der Waals surface area contributed by atoms with Crippen molar-refractivity contribution in [3.8, 4) is 5.75 Å². The van der Waals surface area contributed by atoms with Gasteiger partial charge in [-0.15, -0.1) is 0 Å². The zero-order chi connectivity index (χ0) is 19.8. The maximum Gasteiger partial charge on any atom is 0.286 e. The van der Waals surface area contributed by atoms with E-state index in [2.05, 4.69) is 10.2 Å². The van der Waals surface area contributed by atoms with E-state index in [4.69, 9.17) is 20.8 Å². The SMILES string of the molecule is O=C(NCCC(=O)N1CCN(CCOc2ccccc2Cl)CC1)c1ccco1. The van der Waals surface area contributed by atoms with Crippen molar-refractivity contribution in [1.82, 2.24) is 15.1 Å². The highest BCUT2D eigenvalue weighted by molar-refractivity contribution is 6.32. The fourth-order valence-electron chi connectivity index (χ4n) is 3.00. The molecule has 1 aliphatic rings. The molecule has 1 aromatic carbocycles. The molecule has 0 radical (unpaired) electrons. The lowest BCUT2D eigenvalue weighted by Gasteiger charge is -2.34. The van der Waals surface area contributed by atoms with Gasteiger partial charge in [-0.2, -0.15) is 0 Å². The summed E-state index contributed by atoms with van der Waals surface area (Å²) in [7, 11) is 0. The van der Waals surface area contributed by atoms with Gasteiger partial charge in [-0.25, -0.2) is 0 Å². The van der Waals surface area contributed by atoms with Gasteiger partial charge < -0.3 is 19.4 Å². The zero-order valence-electron chi connectivity index (χ0n) is 15.6. The fraction of sp³-hybridized carbons (Fsp3) is 0.400. The molecule has 150 valence electrons. The molecule has 2 heterocycles. The Morgan fingerprint density at radius 3 is 2.61 bits per heavy atom. The van der Waals surface area contributed by atoms with Crippen LogP contribution in [0.15, 0.2) is 47.1 Å². The number of furan rings is 1. The lowest BCUT2D eigenvalue weighted by Crippen LogP contribution is -2.50. The van der Waals surface area contributed by atoms with Gasteiger partial charge in [0, 0.05) is 45.7 Å². The predicted octanol–water partition coefficient (Wildman–Crippen LogP) is 2.28. The number of nitrogens with one attached hydrogen (secondary N) is 1. The largest absolute Gasteiger partial charge is 0.491 e. The Balaban J connectivity index is 1.30. The van der Waals surface area contributed by atoms with Crippen LogP contribution in [0.1, 0.15) is 17.0 Å².